The molecule has 2 aliphatic rings. The molecule has 3 N–H and O–H groups in total. The number of nitrogens with zero attached hydrogens (tertiary/aromatic N) is 1. The fraction of sp³-hybridized carbons (Fsp3) is 0.750. The Morgan fingerprint density at radius 2 is 2.32 bits per heavy atom. The van der Waals surface area contributed by atoms with Crippen molar-refractivity contribution >= 4 is 17.2 Å². The Bertz CT molecular complexity index is 586. The monoisotopic (exact) mass is 323 g/mol. The Morgan fingerprint density at radius 1 is 1.59 bits per heavy atom. The van der Waals surface area contributed by atoms with Crippen LogP contribution in [-0.4, -0.2) is 29.1 Å². The maximum absolute atomic E-state index is 12.9. The number of aryl methyl sites for hydroxylation is 1. The number of aromatic nitrogens is 1. The average molecular weight is 323 g/mol. The van der Waals surface area contributed by atoms with E-state index in [1.54, 1.807) is 11.3 Å². The molecule has 2 heterocycles. The molecule has 1 amide bonds. The summed E-state index contributed by atoms with van der Waals surface area (Å²) in [5.41, 5.74) is 6.37. The zero-order valence-electron chi connectivity index (χ0n) is 13.7. The van der Waals surface area contributed by atoms with Gasteiger partial charge >= 0.3 is 0 Å². The van der Waals surface area contributed by atoms with E-state index in [0.29, 0.717) is 0 Å². The minimum atomic E-state index is -0.862. The number of nitrogens with one attached hydrogen (secondary N) is 1. The summed E-state index contributed by atoms with van der Waals surface area (Å²) in [5, 5.41) is 5.98. The normalized spacial score (nSPS) is 34.4. The molecule has 1 aromatic heterocycles. The van der Waals surface area contributed by atoms with E-state index in [0.717, 1.165) is 30.2 Å². The van der Waals surface area contributed by atoms with E-state index in [1.807, 2.05) is 33.1 Å². The van der Waals surface area contributed by atoms with Gasteiger partial charge in [0.25, 0.3) is 0 Å². The smallest absolute Gasteiger partial charge is 0.241 e. The van der Waals surface area contributed by atoms with Crippen LogP contribution in [0.15, 0.2) is 5.38 Å². The minimum absolute atomic E-state index is 0.0791. The van der Waals surface area contributed by atoms with Crippen LogP contribution < -0.4 is 11.1 Å². The summed E-state index contributed by atoms with van der Waals surface area (Å²) in [6, 6.07) is -0.119. The van der Waals surface area contributed by atoms with Gasteiger partial charge in [-0.05, 0) is 26.7 Å². The lowest BCUT2D eigenvalue weighted by atomic mass is 9.46. The number of hydrogen-bond acceptors (Lipinski definition) is 5. The third-order valence-electron chi connectivity index (χ3n) is 5.42. The average Bonchev–Trinajstić information content (AvgIpc) is 2.93. The molecule has 1 aromatic rings. The van der Waals surface area contributed by atoms with Crippen molar-refractivity contribution in [2.45, 2.75) is 58.2 Å². The molecule has 0 aromatic carbocycles. The Hall–Kier alpha value is -0.980. The van der Waals surface area contributed by atoms with E-state index < -0.39 is 5.54 Å². The summed E-state index contributed by atoms with van der Waals surface area (Å²) in [4.78, 5) is 17.3. The van der Waals surface area contributed by atoms with E-state index in [9.17, 15) is 4.79 Å². The third kappa shape index (κ3) is 2.12. The number of amides is 1. The minimum Gasteiger partial charge on any atom is -0.377 e. The van der Waals surface area contributed by atoms with Gasteiger partial charge in [0, 0.05) is 29.0 Å². The highest BCUT2D eigenvalue weighted by molar-refractivity contribution is 7.09. The van der Waals surface area contributed by atoms with Gasteiger partial charge in [-0.1, -0.05) is 13.8 Å². The molecule has 122 valence electrons. The molecule has 1 saturated carbocycles. The van der Waals surface area contributed by atoms with Gasteiger partial charge in [0.2, 0.25) is 5.91 Å². The van der Waals surface area contributed by atoms with Crippen LogP contribution in [0.2, 0.25) is 0 Å². The molecule has 22 heavy (non-hydrogen) atoms. The number of hydrogen-bond donors (Lipinski definition) is 2. The summed E-state index contributed by atoms with van der Waals surface area (Å²) in [5.74, 6) is 0.0334. The van der Waals surface area contributed by atoms with E-state index >= 15 is 0 Å². The van der Waals surface area contributed by atoms with E-state index in [2.05, 4.69) is 10.3 Å². The van der Waals surface area contributed by atoms with E-state index in [4.69, 9.17) is 10.5 Å². The SMILES string of the molecule is Cc1csc(C(C)NC(=O)C2(N)C3CCCOC3C2(C)C)n1. The second-order valence-electron chi connectivity index (χ2n) is 7.15. The zero-order chi connectivity index (χ0) is 16.1. The van der Waals surface area contributed by atoms with Crippen molar-refractivity contribution in [3.63, 3.8) is 0 Å². The van der Waals surface area contributed by atoms with Gasteiger partial charge < -0.3 is 15.8 Å². The first kappa shape index (κ1) is 15.9. The number of thiazole rings is 1. The number of ether oxygens (including phenoxy) is 1. The van der Waals surface area contributed by atoms with Crippen LogP contribution in [0, 0.1) is 18.3 Å². The van der Waals surface area contributed by atoms with Crippen molar-refractivity contribution in [2.75, 3.05) is 6.61 Å². The zero-order valence-corrected chi connectivity index (χ0v) is 14.5. The maximum Gasteiger partial charge on any atom is 0.241 e. The van der Waals surface area contributed by atoms with Crippen molar-refractivity contribution in [2.24, 2.45) is 17.1 Å². The molecule has 1 aliphatic heterocycles. The van der Waals surface area contributed by atoms with Crippen LogP contribution in [0.3, 0.4) is 0 Å². The highest BCUT2D eigenvalue weighted by Gasteiger charge is 2.70. The molecule has 3 rings (SSSR count). The lowest BCUT2D eigenvalue weighted by Gasteiger charge is -2.65. The van der Waals surface area contributed by atoms with Crippen molar-refractivity contribution < 1.29 is 9.53 Å². The Labute approximate surface area is 135 Å². The van der Waals surface area contributed by atoms with Gasteiger partial charge in [-0.25, -0.2) is 4.98 Å². The highest BCUT2D eigenvalue weighted by Crippen LogP contribution is 2.57. The van der Waals surface area contributed by atoms with Crippen molar-refractivity contribution in [3.05, 3.63) is 16.1 Å². The van der Waals surface area contributed by atoms with Gasteiger partial charge in [-0.15, -0.1) is 11.3 Å². The second-order valence-corrected chi connectivity index (χ2v) is 8.04. The number of carbonyl (C=O) groups is 1. The third-order valence-corrected chi connectivity index (χ3v) is 6.56. The molecule has 5 nitrogen and oxygen atoms in total. The topological polar surface area (TPSA) is 77.2 Å². The predicted octanol–water partition coefficient (Wildman–Crippen LogP) is 2.16. The van der Waals surface area contributed by atoms with Crippen molar-refractivity contribution in [1.82, 2.24) is 10.3 Å². The molecule has 0 spiro atoms. The molecule has 0 bridgehead atoms. The molecule has 4 unspecified atom stereocenters. The molecule has 2 fully saturated rings. The number of rotatable bonds is 3. The quantitative estimate of drug-likeness (QED) is 0.893. The summed E-state index contributed by atoms with van der Waals surface area (Å²) in [7, 11) is 0. The molecule has 0 radical (unpaired) electrons. The summed E-state index contributed by atoms with van der Waals surface area (Å²) >= 11 is 1.57. The first-order chi connectivity index (χ1) is 10.3. The molecular formula is C16H25N3O2S. The van der Waals surface area contributed by atoms with E-state index in [1.165, 1.54) is 0 Å². The number of nitrogens with two attached hydrogens (primary N) is 1. The van der Waals surface area contributed by atoms with Gasteiger partial charge in [0.15, 0.2) is 0 Å². The fourth-order valence-electron chi connectivity index (χ4n) is 3.99. The van der Waals surface area contributed by atoms with Gasteiger partial charge in [-0.3, -0.25) is 4.79 Å². The van der Waals surface area contributed by atoms with Crippen molar-refractivity contribution in [1.29, 1.82) is 0 Å². The largest absolute Gasteiger partial charge is 0.377 e. The Morgan fingerprint density at radius 3 is 2.95 bits per heavy atom. The van der Waals surface area contributed by atoms with Crippen LogP contribution in [0.1, 0.15) is 50.4 Å². The summed E-state index contributed by atoms with van der Waals surface area (Å²) in [6.07, 6.45) is 2.03. The first-order valence-corrected chi connectivity index (χ1v) is 8.80. The molecular weight excluding hydrogens is 298 g/mol. The second kappa shape index (κ2) is 5.28. The van der Waals surface area contributed by atoms with Crippen LogP contribution in [-0.2, 0) is 9.53 Å². The Balaban J connectivity index is 1.76. The predicted molar refractivity (Wildman–Crippen MR) is 86.6 cm³/mol. The molecule has 6 heteroatoms. The van der Waals surface area contributed by atoms with E-state index in [-0.39, 0.29) is 29.4 Å². The Kier molecular flexibility index (Phi) is 3.82. The molecule has 1 saturated heterocycles. The summed E-state index contributed by atoms with van der Waals surface area (Å²) < 4.78 is 5.86. The lowest BCUT2D eigenvalue weighted by molar-refractivity contribution is -0.225. The van der Waals surface area contributed by atoms with Gasteiger partial charge in [0.05, 0.1) is 12.1 Å². The number of carbonyl (C=O) groups excluding carboxylic acids is 1. The van der Waals surface area contributed by atoms with Gasteiger partial charge in [0.1, 0.15) is 10.5 Å². The lowest BCUT2D eigenvalue weighted by Crippen LogP contribution is -2.82. The molecule has 1 aliphatic carbocycles. The van der Waals surface area contributed by atoms with Crippen LogP contribution in [0.5, 0.6) is 0 Å². The maximum atomic E-state index is 12.9. The fourth-order valence-corrected chi connectivity index (χ4v) is 4.79. The van der Waals surface area contributed by atoms with Crippen molar-refractivity contribution in [3.8, 4) is 0 Å². The van der Waals surface area contributed by atoms with Gasteiger partial charge in [-0.2, -0.15) is 0 Å². The standard InChI is InChI=1S/C16H25N3O2S/c1-9-8-22-13(18-9)10(2)19-14(20)16(17)11-6-5-7-21-12(11)15(16,3)4/h8,10-12H,5-7,17H2,1-4H3,(H,19,20). The first-order valence-electron chi connectivity index (χ1n) is 7.92. The van der Waals surface area contributed by atoms with Crippen LogP contribution >= 0.6 is 11.3 Å². The highest BCUT2D eigenvalue weighted by atomic mass is 32.1. The summed E-state index contributed by atoms with van der Waals surface area (Å²) in [6.45, 7) is 8.77. The van der Waals surface area contributed by atoms with Crippen LogP contribution in [0.4, 0.5) is 0 Å². The number of fused-ring (bicyclic) bond motifs is 1. The van der Waals surface area contributed by atoms with Crippen LogP contribution in [0.25, 0.3) is 0 Å². The molecule has 4 atom stereocenters.